The molecular weight excluding hydrogens is 294 g/mol. The third kappa shape index (κ3) is 2.48. The van der Waals surface area contributed by atoms with E-state index in [4.69, 9.17) is 0 Å². The molecule has 5 heterocycles. The Morgan fingerprint density at radius 3 is 3.00 bits per heavy atom. The molecule has 3 saturated heterocycles. The van der Waals surface area contributed by atoms with Crippen LogP contribution in [0.15, 0.2) is 36.0 Å². The second kappa shape index (κ2) is 5.56. The molecule has 22 heavy (non-hydrogen) atoms. The molecule has 0 spiro atoms. The van der Waals surface area contributed by atoms with Crippen molar-refractivity contribution in [3.63, 3.8) is 0 Å². The number of hydrogen-bond acceptors (Lipinski definition) is 3. The summed E-state index contributed by atoms with van der Waals surface area (Å²) in [5.74, 6) is 0.635. The van der Waals surface area contributed by atoms with Crippen molar-refractivity contribution in [1.29, 1.82) is 0 Å². The predicted molar refractivity (Wildman–Crippen MR) is 89.2 cm³/mol. The highest BCUT2D eigenvalue weighted by Crippen LogP contribution is 2.32. The molecule has 4 nitrogen and oxygen atoms in total. The fourth-order valence-corrected chi connectivity index (χ4v) is 4.52. The summed E-state index contributed by atoms with van der Waals surface area (Å²) >= 11 is 1.70. The Morgan fingerprint density at radius 2 is 2.32 bits per heavy atom. The first-order valence-corrected chi connectivity index (χ1v) is 8.85. The van der Waals surface area contributed by atoms with Gasteiger partial charge in [0.05, 0.1) is 0 Å². The number of nitrogens with one attached hydrogen (secondary N) is 1. The van der Waals surface area contributed by atoms with E-state index >= 15 is 0 Å². The molecule has 1 N–H and O–H groups in total. The van der Waals surface area contributed by atoms with Crippen LogP contribution >= 0.6 is 11.3 Å². The number of hydrogen-bond donors (Lipinski definition) is 1. The molecule has 1 amide bonds. The van der Waals surface area contributed by atoms with E-state index in [1.165, 1.54) is 24.3 Å². The number of piperidine rings is 3. The highest BCUT2D eigenvalue weighted by Gasteiger charge is 2.38. The minimum absolute atomic E-state index is 0.00536. The largest absolute Gasteiger partial charge is 0.333 e. The van der Waals surface area contributed by atoms with Crippen LogP contribution < -0.4 is 5.32 Å². The van der Waals surface area contributed by atoms with Crippen molar-refractivity contribution in [2.45, 2.75) is 31.8 Å². The lowest BCUT2D eigenvalue weighted by atomic mass is 9.80. The van der Waals surface area contributed by atoms with Gasteiger partial charge in [-0.05, 0) is 49.7 Å². The number of aromatic nitrogens is 1. The lowest BCUT2D eigenvalue weighted by Crippen LogP contribution is -2.60. The van der Waals surface area contributed by atoms with Gasteiger partial charge in [0.25, 0.3) is 0 Å². The van der Waals surface area contributed by atoms with E-state index in [1.54, 1.807) is 15.9 Å². The summed E-state index contributed by atoms with van der Waals surface area (Å²) < 4.78 is 1.68. The van der Waals surface area contributed by atoms with E-state index in [2.05, 4.69) is 28.6 Å². The normalized spacial score (nSPS) is 30.4. The zero-order valence-electron chi connectivity index (χ0n) is 12.7. The van der Waals surface area contributed by atoms with Crippen LogP contribution in [0.1, 0.15) is 19.8 Å². The smallest absolute Gasteiger partial charge is 0.325 e. The van der Waals surface area contributed by atoms with E-state index in [9.17, 15) is 4.79 Å². The van der Waals surface area contributed by atoms with Crippen molar-refractivity contribution in [3.8, 4) is 10.4 Å². The highest BCUT2D eigenvalue weighted by atomic mass is 32.1. The Labute approximate surface area is 134 Å². The quantitative estimate of drug-likeness (QED) is 0.923. The van der Waals surface area contributed by atoms with Crippen LogP contribution in [0.5, 0.6) is 0 Å². The zero-order chi connectivity index (χ0) is 15.1. The summed E-state index contributed by atoms with van der Waals surface area (Å²) in [6.07, 6.45) is 6.19. The van der Waals surface area contributed by atoms with Crippen LogP contribution in [0.4, 0.5) is 4.79 Å². The molecule has 4 atom stereocenters. The van der Waals surface area contributed by atoms with Gasteiger partial charge in [-0.2, -0.15) is 0 Å². The number of carbonyl (C=O) groups excluding carboxylic acids is 1. The molecule has 0 aliphatic carbocycles. The fourth-order valence-electron chi connectivity index (χ4n) is 3.80. The maximum absolute atomic E-state index is 12.5. The molecule has 3 aliphatic heterocycles. The van der Waals surface area contributed by atoms with Gasteiger partial charge in [0.2, 0.25) is 0 Å². The second-order valence-corrected chi connectivity index (χ2v) is 7.42. The molecule has 0 aromatic carbocycles. The molecule has 3 unspecified atom stereocenters. The van der Waals surface area contributed by atoms with E-state index < -0.39 is 0 Å². The van der Waals surface area contributed by atoms with Crippen molar-refractivity contribution >= 4 is 17.4 Å². The van der Waals surface area contributed by atoms with Crippen molar-refractivity contribution in [2.24, 2.45) is 5.92 Å². The molecule has 2 aromatic rings. The van der Waals surface area contributed by atoms with Gasteiger partial charge in [0.1, 0.15) is 0 Å². The van der Waals surface area contributed by atoms with E-state index in [1.807, 2.05) is 24.5 Å². The first-order chi connectivity index (χ1) is 10.7. The number of amides is 1. The molecule has 2 bridgehead atoms. The van der Waals surface area contributed by atoms with Crippen LogP contribution in [0.3, 0.4) is 0 Å². The monoisotopic (exact) mass is 315 g/mol. The van der Waals surface area contributed by atoms with Gasteiger partial charge in [-0.15, -0.1) is 11.3 Å². The maximum atomic E-state index is 12.5. The summed E-state index contributed by atoms with van der Waals surface area (Å²) in [6.45, 7) is 4.48. The molecule has 2 aromatic heterocycles. The van der Waals surface area contributed by atoms with Crippen LogP contribution in [0.25, 0.3) is 10.4 Å². The zero-order valence-corrected chi connectivity index (χ0v) is 13.6. The Bertz CT molecular complexity index is 663. The molecule has 5 rings (SSSR count). The summed E-state index contributed by atoms with van der Waals surface area (Å²) in [4.78, 5) is 16.2. The third-order valence-electron chi connectivity index (χ3n) is 5.10. The number of rotatable bonds is 2. The Balaban J connectivity index is 1.45. The average molecular weight is 315 g/mol. The van der Waals surface area contributed by atoms with E-state index in [0.29, 0.717) is 18.0 Å². The highest BCUT2D eigenvalue weighted by molar-refractivity contribution is 7.13. The number of carbonyl (C=O) groups is 1. The Kier molecular flexibility index (Phi) is 3.54. The van der Waals surface area contributed by atoms with Crippen molar-refractivity contribution < 1.29 is 4.79 Å². The van der Waals surface area contributed by atoms with Crippen LogP contribution in [-0.2, 0) is 0 Å². The van der Waals surface area contributed by atoms with Crippen molar-refractivity contribution in [3.05, 3.63) is 36.0 Å². The summed E-state index contributed by atoms with van der Waals surface area (Å²) in [6, 6.07) is 7.08. The minimum Gasteiger partial charge on any atom is -0.333 e. The lowest BCUT2D eigenvalue weighted by Gasteiger charge is -2.48. The predicted octanol–water partition coefficient (Wildman–Crippen LogP) is 3.26. The molecule has 0 saturated carbocycles. The summed E-state index contributed by atoms with van der Waals surface area (Å²) in [5.41, 5.74) is 1.10. The van der Waals surface area contributed by atoms with Crippen molar-refractivity contribution in [2.75, 3.05) is 13.1 Å². The maximum Gasteiger partial charge on any atom is 0.325 e. The molecule has 3 fully saturated rings. The first-order valence-electron chi connectivity index (χ1n) is 7.97. The number of fused-ring (bicyclic) bond motifs is 3. The molecule has 3 aliphatic rings. The topological polar surface area (TPSA) is 37.3 Å². The van der Waals surface area contributed by atoms with Crippen LogP contribution in [0, 0.1) is 5.92 Å². The van der Waals surface area contributed by atoms with Gasteiger partial charge in [0.15, 0.2) is 0 Å². The summed E-state index contributed by atoms with van der Waals surface area (Å²) in [7, 11) is 0. The second-order valence-electron chi connectivity index (χ2n) is 6.47. The third-order valence-corrected chi connectivity index (χ3v) is 6.02. The molecule has 116 valence electrons. The van der Waals surface area contributed by atoms with Gasteiger partial charge < -0.3 is 5.32 Å². The molecule has 5 heteroatoms. The van der Waals surface area contributed by atoms with Crippen LogP contribution in [-0.4, -0.2) is 40.7 Å². The summed E-state index contributed by atoms with van der Waals surface area (Å²) in [5, 5.41) is 5.29. The fraction of sp³-hybridized carbons (Fsp3) is 0.471. The van der Waals surface area contributed by atoms with Gasteiger partial charge in [-0.3, -0.25) is 9.47 Å². The first kappa shape index (κ1) is 14.0. The van der Waals surface area contributed by atoms with Gasteiger partial charge in [-0.25, -0.2) is 4.79 Å². The molecule has 0 radical (unpaired) electrons. The molecular formula is C17H21N3OS. The number of thiophene rings is 1. The van der Waals surface area contributed by atoms with E-state index in [0.717, 1.165) is 12.1 Å². The Morgan fingerprint density at radius 1 is 1.41 bits per heavy atom. The van der Waals surface area contributed by atoms with Gasteiger partial charge in [0, 0.05) is 41.5 Å². The number of nitrogens with zero attached hydrogens (tertiary/aromatic N) is 2. The minimum atomic E-state index is -0.00536. The SMILES string of the molecule is CC1CC2CCN1C[C@@H]2NC(=O)n1ccc(-c2cccs2)c1. The Hall–Kier alpha value is -1.59. The lowest BCUT2D eigenvalue weighted by molar-refractivity contribution is 0.0322. The van der Waals surface area contributed by atoms with Gasteiger partial charge in [-0.1, -0.05) is 6.07 Å². The standard InChI is InChI=1S/C17H21N3OS/c1-12-9-13-4-6-19(12)11-15(13)18-17(21)20-7-5-14(10-20)16-3-2-8-22-16/h2-3,5,7-8,10,12-13,15H,4,6,9,11H2,1H3,(H,18,21)/t12?,13?,15-/m0/s1. The van der Waals surface area contributed by atoms with Crippen molar-refractivity contribution in [1.82, 2.24) is 14.8 Å². The van der Waals surface area contributed by atoms with Gasteiger partial charge >= 0.3 is 6.03 Å². The van der Waals surface area contributed by atoms with Crippen LogP contribution in [0.2, 0.25) is 0 Å². The average Bonchev–Trinajstić information content (AvgIpc) is 3.19. The van der Waals surface area contributed by atoms with E-state index in [-0.39, 0.29) is 6.03 Å².